The quantitative estimate of drug-likeness (QED) is 0.891. The van der Waals surface area contributed by atoms with Crippen molar-refractivity contribution < 1.29 is 4.42 Å². The first-order valence-electron chi connectivity index (χ1n) is 5.52. The number of nitriles is 1. The van der Waals surface area contributed by atoms with Gasteiger partial charge in [0.15, 0.2) is 5.82 Å². The van der Waals surface area contributed by atoms with Gasteiger partial charge in [0, 0.05) is 25.4 Å². The molecule has 0 aliphatic heterocycles. The molecular formula is C13H14N4O. The standard InChI is InChI=1S/C13H14N4O/c1-9-11(4-6-18-9)8-17(2)13-12(15)10(7-14)3-5-16-13/h3-6H,8,15H2,1-2H3. The fourth-order valence-corrected chi connectivity index (χ4v) is 1.77. The molecule has 0 aliphatic carbocycles. The third kappa shape index (κ3) is 2.13. The van der Waals surface area contributed by atoms with E-state index in [-0.39, 0.29) is 0 Å². The van der Waals surface area contributed by atoms with E-state index in [1.54, 1.807) is 18.5 Å². The molecule has 0 aromatic carbocycles. The van der Waals surface area contributed by atoms with Crippen LogP contribution in [0.15, 0.2) is 29.0 Å². The highest BCUT2D eigenvalue weighted by Crippen LogP contribution is 2.24. The third-order valence-corrected chi connectivity index (χ3v) is 2.82. The maximum Gasteiger partial charge on any atom is 0.153 e. The largest absolute Gasteiger partial charge is 0.469 e. The van der Waals surface area contributed by atoms with E-state index >= 15 is 0 Å². The molecule has 2 rings (SSSR count). The van der Waals surface area contributed by atoms with E-state index in [2.05, 4.69) is 11.1 Å². The highest BCUT2D eigenvalue weighted by atomic mass is 16.3. The molecule has 0 aliphatic rings. The van der Waals surface area contributed by atoms with Gasteiger partial charge in [0.05, 0.1) is 17.5 Å². The summed E-state index contributed by atoms with van der Waals surface area (Å²) in [5.74, 6) is 1.48. The van der Waals surface area contributed by atoms with Crippen molar-refractivity contribution >= 4 is 11.5 Å². The molecule has 0 saturated carbocycles. The van der Waals surface area contributed by atoms with Crippen molar-refractivity contribution in [3.8, 4) is 6.07 Å². The Kier molecular flexibility index (Phi) is 3.20. The first kappa shape index (κ1) is 12.0. The van der Waals surface area contributed by atoms with Gasteiger partial charge in [-0.05, 0) is 19.1 Å². The molecule has 2 aromatic heterocycles. The second-order valence-corrected chi connectivity index (χ2v) is 4.07. The summed E-state index contributed by atoms with van der Waals surface area (Å²) in [6.45, 7) is 2.54. The number of hydrogen-bond donors (Lipinski definition) is 1. The number of aromatic nitrogens is 1. The Morgan fingerprint density at radius 3 is 2.89 bits per heavy atom. The molecule has 0 spiro atoms. The van der Waals surface area contributed by atoms with Crippen LogP contribution < -0.4 is 10.6 Å². The zero-order chi connectivity index (χ0) is 13.1. The SMILES string of the molecule is Cc1occc1CN(C)c1nccc(C#N)c1N. The number of nitrogens with two attached hydrogens (primary N) is 1. The second kappa shape index (κ2) is 4.80. The Bertz CT molecular complexity index is 597. The summed E-state index contributed by atoms with van der Waals surface area (Å²) in [4.78, 5) is 6.11. The number of nitrogen functional groups attached to an aromatic ring is 1. The predicted molar refractivity (Wildman–Crippen MR) is 68.9 cm³/mol. The topological polar surface area (TPSA) is 79.1 Å². The summed E-state index contributed by atoms with van der Waals surface area (Å²) in [5.41, 5.74) is 7.83. The van der Waals surface area contributed by atoms with Crippen molar-refractivity contribution in [1.82, 2.24) is 4.98 Å². The molecular weight excluding hydrogens is 228 g/mol. The van der Waals surface area contributed by atoms with Crippen LogP contribution in [0.25, 0.3) is 0 Å². The molecule has 0 amide bonds. The third-order valence-electron chi connectivity index (χ3n) is 2.82. The van der Waals surface area contributed by atoms with Crippen LogP contribution in [0.3, 0.4) is 0 Å². The van der Waals surface area contributed by atoms with Gasteiger partial charge in [0.25, 0.3) is 0 Å². The summed E-state index contributed by atoms with van der Waals surface area (Å²) >= 11 is 0. The number of hydrogen-bond acceptors (Lipinski definition) is 5. The van der Waals surface area contributed by atoms with Crippen LogP contribution in [-0.2, 0) is 6.54 Å². The molecule has 5 nitrogen and oxygen atoms in total. The van der Waals surface area contributed by atoms with E-state index in [0.717, 1.165) is 11.3 Å². The van der Waals surface area contributed by atoms with Gasteiger partial charge in [-0.25, -0.2) is 4.98 Å². The molecule has 0 saturated heterocycles. The smallest absolute Gasteiger partial charge is 0.153 e. The predicted octanol–water partition coefficient (Wildman–Crippen LogP) is 2.07. The molecule has 0 unspecified atom stereocenters. The molecule has 0 fully saturated rings. The first-order valence-corrected chi connectivity index (χ1v) is 5.52. The summed E-state index contributed by atoms with van der Waals surface area (Å²) in [5, 5.41) is 8.93. The van der Waals surface area contributed by atoms with E-state index in [4.69, 9.17) is 15.4 Å². The zero-order valence-corrected chi connectivity index (χ0v) is 10.3. The van der Waals surface area contributed by atoms with Crippen LogP contribution in [0.2, 0.25) is 0 Å². The molecule has 2 aromatic rings. The van der Waals surface area contributed by atoms with E-state index < -0.39 is 0 Å². The highest BCUT2D eigenvalue weighted by Gasteiger charge is 2.12. The van der Waals surface area contributed by atoms with Gasteiger partial charge in [-0.3, -0.25) is 0 Å². The fourth-order valence-electron chi connectivity index (χ4n) is 1.77. The Balaban J connectivity index is 2.27. The van der Waals surface area contributed by atoms with Crippen molar-refractivity contribution in [2.75, 3.05) is 17.7 Å². The van der Waals surface area contributed by atoms with E-state index in [1.165, 1.54) is 0 Å². The molecule has 0 bridgehead atoms. The van der Waals surface area contributed by atoms with E-state index in [1.807, 2.05) is 24.9 Å². The van der Waals surface area contributed by atoms with E-state index in [0.29, 0.717) is 23.6 Å². The maximum absolute atomic E-state index is 8.93. The van der Waals surface area contributed by atoms with Crippen LogP contribution >= 0.6 is 0 Å². The van der Waals surface area contributed by atoms with Gasteiger partial charge >= 0.3 is 0 Å². The lowest BCUT2D eigenvalue weighted by Gasteiger charge is -2.19. The van der Waals surface area contributed by atoms with Crippen molar-refractivity contribution in [2.24, 2.45) is 0 Å². The fraction of sp³-hybridized carbons (Fsp3) is 0.231. The second-order valence-electron chi connectivity index (χ2n) is 4.07. The summed E-state index contributed by atoms with van der Waals surface area (Å²) < 4.78 is 5.25. The number of furan rings is 1. The molecule has 0 radical (unpaired) electrons. The Morgan fingerprint density at radius 2 is 2.28 bits per heavy atom. The Morgan fingerprint density at radius 1 is 1.50 bits per heavy atom. The van der Waals surface area contributed by atoms with Crippen LogP contribution in [-0.4, -0.2) is 12.0 Å². The van der Waals surface area contributed by atoms with Crippen LogP contribution in [0.4, 0.5) is 11.5 Å². The molecule has 92 valence electrons. The minimum absolute atomic E-state index is 0.406. The zero-order valence-electron chi connectivity index (χ0n) is 10.3. The first-order chi connectivity index (χ1) is 8.63. The number of nitrogens with zero attached hydrogens (tertiary/aromatic N) is 3. The summed E-state index contributed by atoms with van der Waals surface area (Å²) in [6, 6.07) is 5.57. The van der Waals surface area contributed by atoms with Gasteiger partial charge in [-0.15, -0.1) is 0 Å². The Hall–Kier alpha value is -2.48. The van der Waals surface area contributed by atoms with Crippen LogP contribution in [0.5, 0.6) is 0 Å². The number of anilines is 2. The van der Waals surface area contributed by atoms with Crippen molar-refractivity contribution in [3.05, 3.63) is 41.5 Å². The molecule has 5 heteroatoms. The lowest BCUT2D eigenvalue weighted by Crippen LogP contribution is -2.19. The average Bonchev–Trinajstić information content (AvgIpc) is 2.75. The minimum Gasteiger partial charge on any atom is -0.469 e. The lowest BCUT2D eigenvalue weighted by atomic mass is 10.2. The van der Waals surface area contributed by atoms with Gasteiger partial charge in [-0.2, -0.15) is 5.26 Å². The summed E-state index contributed by atoms with van der Waals surface area (Å²) in [6.07, 6.45) is 3.24. The summed E-state index contributed by atoms with van der Waals surface area (Å²) in [7, 11) is 1.88. The molecule has 2 heterocycles. The normalized spacial score (nSPS) is 10.1. The number of pyridine rings is 1. The minimum atomic E-state index is 0.406. The van der Waals surface area contributed by atoms with Crippen molar-refractivity contribution in [3.63, 3.8) is 0 Å². The monoisotopic (exact) mass is 242 g/mol. The van der Waals surface area contributed by atoms with Gasteiger partial charge in [0.1, 0.15) is 11.8 Å². The lowest BCUT2D eigenvalue weighted by molar-refractivity contribution is 0.529. The number of aryl methyl sites for hydroxylation is 1. The Labute approximate surface area is 105 Å². The van der Waals surface area contributed by atoms with Gasteiger partial charge in [0.2, 0.25) is 0 Å². The molecule has 0 atom stereocenters. The van der Waals surface area contributed by atoms with Gasteiger partial charge in [-0.1, -0.05) is 0 Å². The molecule has 2 N–H and O–H groups in total. The van der Waals surface area contributed by atoms with Gasteiger partial charge < -0.3 is 15.1 Å². The maximum atomic E-state index is 8.93. The van der Waals surface area contributed by atoms with E-state index in [9.17, 15) is 0 Å². The average molecular weight is 242 g/mol. The van der Waals surface area contributed by atoms with Crippen molar-refractivity contribution in [1.29, 1.82) is 5.26 Å². The van der Waals surface area contributed by atoms with Crippen LogP contribution in [0, 0.1) is 18.3 Å². The van der Waals surface area contributed by atoms with Crippen molar-refractivity contribution in [2.45, 2.75) is 13.5 Å². The number of rotatable bonds is 3. The van der Waals surface area contributed by atoms with Crippen LogP contribution in [0.1, 0.15) is 16.9 Å². The highest BCUT2D eigenvalue weighted by molar-refractivity contribution is 5.69. The molecule has 18 heavy (non-hydrogen) atoms.